The van der Waals surface area contributed by atoms with Gasteiger partial charge in [0.05, 0.1) is 0 Å². The molecule has 3 heteroatoms. The van der Waals surface area contributed by atoms with Crippen molar-refractivity contribution in [2.75, 3.05) is 11.5 Å². The van der Waals surface area contributed by atoms with E-state index in [9.17, 15) is 4.39 Å². The van der Waals surface area contributed by atoms with Crippen molar-refractivity contribution in [2.24, 2.45) is 10.8 Å². The summed E-state index contributed by atoms with van der Waals surface area (Å²) in [6.07, 6.45) is 1.25. The highest BCUT2D eigenvalue weighted by Gasteiger charge is 2.37. The van der Waals surface area contributed by atoms with Gasteiger partial charge in [-0.3, -0.25) is 0 Å². The number of benzene rings is 1. The minimum Gasteiger partial charge on any atom is -0.305 e. The first-order chi connectivity index (χ1) is 9.70. The van der Waals surface area contributed by atoms with Crippen molar-refractivity contribution in [3.63, 3.8) is 0 Å². The third-order valence-electron chi connectivity index (χ3n) is 4.56. The van der Waals surface area contributed by atoms with Gasteiger partial charge in [-0.2, -0.15) is 11.8 Å². The average molecular weight is 309 g/mol. The Bertz CT molecular complexity index is 461. The minimum absolute atomic E-state index is 0.0933. The van der Waals surface area contributed by atoms with Crippen LogP contribution in [0.4, 0.5) is 4.39 Å². The Morgan fingerprint density at radius 3 is 2.38 bits per heavy atom. The van der Waals surface area contributed by atoms with Crippen molar-refractivity contribution in [1.29, 1.82) is 0 Å². The molecule has 0 aliphatic carbocycles. The fourth-order valence-corrected chi connectivity index (χ4v) is 4.53. The molecule has 1 aliphatic rings. The normalized spacial score (nSPS) is 23.8. The van der Waals surface area contributed by atoms with Crippen LogP contribution < -0.4 is 5.32 Å². The second-order valence-corrected chi connectivity index (χ2v) is 9.03. The monoisotopic (exact) mass is 309 g/mol. The summed E-state index contributed by atoms with van der Waals surface area (Å²) in [5.74, 6) is 2.24. The molecule has 2 rings (SSSR count). The number of hydrogen-bond donors (Lipinski definition) is 1. The first-order valence-corrected chi connectivity index (χ1v) is 8.95. The molecule has 1 saturated heterocycles. The molecular formula is C18H28FNS. The van der Waals surface area contributed by atoms with Crippen LogP contribution in [0.1, 0.15) is 52.6 Å². The predicted octanol–water partition coefficient (Wildman–Crippen LogP) is 5.03. The fourth-order valence-electron chi connectivity index (χ4n) is 2.91. The fraction of sp³-hybridized carbons (Fsp3) is 0.667. The number of halogens is 1. The highest BCUT2D eigenvalue weighted by Crippen LogP contribution is 2.39. The van der Waals surface area contributed by atoms with E-state index < -0.39 is 0 Å². The summed E-state index contributed by atoms with van der Waals surface area (Å²) in [7, 11) is 0. The van der Waals surface area contributed by atoms with Gasteiger partial charge in [0.1, 0.15) is 5.82 Å². The molecule has 0 spiro atoms. The van der Waals surface area contributed by atoms with Gasteiger partial charge in [-0.15, -0.1) is 0 Å². The highest BCUT2D eigenvalue weighted by molar-refractivity contribution is 7.99. The maximum Gasteiger partial charge on any atom is 0.123 e. The van der Waals surface area contributed by atoms with Crippen LogP contribution in [0.15, 0.2) is 24.3 Å². The van der Waals surface area contributed by atoms with E-state index in [2.05, 4.69) is 39.9 Å². The molecule has 2 unspecified atom stereocenters. The van der Waals surface area contributed by atoms with Gasteiger partial charge in [-0.25, -0.2) is 4.39 Å². The molecule has 1 aromatic carbocycles. The lowest BCUT2D eigenvalue weighted by Crippen LogP contribution is -2.50. The Hall–Kier alpha value is -0.540. The van der Waals surface area contributed by atoms with Crippen molar-refractivity contribution < 1.29 is 4.39 Å². The van der Waals surface area contributed by atoms with E-state index in [1.54, 1.807) is 12.1 Å². The molecule has 0 saturated carbocycles. The number of rotatable bonds is 3. The number of thioether (sulfide) groups is 1. The maximum atomic E-state index is 13.2. The zero-order valence-electron chi connectivity index (χ0n) is 13.9. The molecule has 0 amide bonds. The van der Waals surface area contributed by atoms with E-state index >= 15 is 0 Å². The van der Waals surface area contributed by atoms with Crippen molar-refractivity contribution >= 4 is 11.8 Å². The highest BCUT2D eigenvalue weighted by atomic mass is 32.2. The summed E-state index contributed by atoms with van der Waals surface area (Å²) < 4.78 is 13.2. The summed E-state index contributed by atoms with van der Waals surface area (Å²) >= 11 is 2.03. The summed E-state index contributed by atoms with van der Waals surface area (Å²) in [5, 5.41) is 3.88. The van der Waals surface area contributed by atoms with Gasteiger partial charge in [0.15, 0.2) is 0 Å². The smallest absolute Gasteiger partial charge is 0.123 e. The Labute approximate surface area is 133 Å². The topological polar surface area (TPSA) is 12.0 Å². The van der Waals surface area contributed by atoms with Crippen LogP contribution in [-0.4, -0.2) is 17.5 Å². The second-order valence-electron chi connectivity index (χ2n) is 7.88. The van der Waals surface area contributed by atoms with Gasteiger partial charge in [-0.05, 0) is 40.7 Å². The molecule has 0 radical (unpaired) electrons. The number of hydrogen-bond acceptors (Lipinski definition) is 2. The molecule has 1 heterocycles. The van der Waals surface area contributed by atoms with Crippen molar-refractivity contribution in [3.8, 4) is 0 Å². The van der Waals surface area contributed by atoms with Crippen LogP contribution in [0.25, 0.3) is 0 Å². The largest absolute Gasteiger partial charge is 0.305 e. The molecule has 2 atom stereocenters. The van der Waals surface area contributed by atoms with E-state index in [1.165, 1.54) is 17.7 Å². The van der Waals surface area contributed by atoms with Crippen molar-refractivity contribution in [1.82, 2.24) is 5.32 Å². The van der Waals surface area contributed by atoms with E-state index in [0.717, 1.165) is 5.75 Å². The Morgan fingerprint density at radius 1 is 1.24 bits per heavy atom. The third kappa shape index (κ3) is 4.23. The molecule has 1 aliphatic heterocycles. The van der Waals surface area contributed by atoms with Gasteiger partial charge in [-0.1, -0.05) is 46.8 Å². The molecule has 1 nitrogen and oxygen atoms in total. The van der Waals surface area contributed by atoms with Crippen LogP contribution in [0.5, 0.6) is 0 Å². The SMILES string of the molecule is CC(C)(C)C(NC1CSCCC1(C)C)c1ccc(F)cc1. The quantitative estimate of drug-likeness (QED) is 0.840. The predicted molar refractivity (Wildman–Crippen MR) is 91.2 cm³/mol. The van der Waals surface area contributed by atoms with Gasteiger partial charge in [0.2, 0.25) is 0 Å². The van der Waals surface area contributed by atoms with Gasteiger partial charge < -0.3 is 5.32 Å². The zero-order valence-corrected chi connectivity index (χ0v) is 14.7. The summed E-state index contributed by atoms with van der Waals surface area (Å²) in [4.78, 5) is 0. The van der Waals surface area contributed by atoms with Crippen LogP contribution in [-0.2, 0) is 0 Å². The first kappa shape index (κ1) is 16.8. The Kier molecular flexibility index (Phi) is 5.04. The number of nitrogens with one attached hydrogen (secondary N) is 1. The van der Waals surface area contributed by atoms with E-state index in [-0.39, 0.29) is 17.3 Å². The molecule has 118 valence electrons. The van der Waals surface area contributed by atoms with Crippen molar-refractivity contribution in [2.45, 2.75) is 53.1 Å². The lowest BCUT2D eigenvalue weighted by molar-refractivity contribution is 0.177. The van der Waals surface area contributed by atoms with Gasteiger partial charge in [0, 0.05) is 17.8 Å². The average Bonchev–Trinajstić information content (AvgIpc) is 2.37. The second kappa shape index (κ2) is 6.29. The van der Waals surface area contributed by atoms with Crippen LogP contribution in [0, 0.1) is 16.6 Å². The molecule has 0 bridgehead atoms. The molecule has 1 N–H and O–H groups in total. The molecule has 0 aromatic heterocycles. The van der Waals surface area contributed by atoms with Crippen LogP contribution >= 0.6 is 11.8 Å². The van der Waals surface area contributed by atoms with E-state index in [1.807, 2.05) is 23.9 Å². The first-order valence-electron chi connectivity index (χ1n) is 7.79. The molecule has 21 heavy (non-hydrogen) atoms. The minimum atomic E-state index is -0.167. The lowest BCUT2D eigenvalue weighted by Gasteiger charge is -2.44. The molecule has 1 fully saturated rings. The third-order valence-corrected chi connectivity index (χ3v) is 5.62. The van der Waals surface area contributed by atoms with E-state index in [0.29, 0.717) is 11.5 Å². The Balaban J connectivity index is 2.23. The van der Waals surface area contributed by atoms with E-state index in [4.69, 9.17) is 0 Å². The summed E-state index contributed by atoms with van der Waals surface area (Å²) in [6, 6.07) is 7.70. The maximum absolute atomic E-state index is 13.2. The van der Waals surface area contributed by atoms with Gasteiger partial charge >= 0.3 is 0 Å². The van der Waals surface area contributed by atoms with Crippen LogP contribution in [0.2, 0.25) is 0 Å². The summed E-state index contributed by atoms with van der Waals surface area (Å²) in [6.45, 7) is 11.5. The molecular weight excluding hydrogens is 281 g/mol. The molecule has 1 aromatic rings. The van der Waals surface area contributed by atoms with Gasteiger partial charge in [0.25, 0.3) is 0 Å². The standard InChI is InChI=1S/C18H28FNS/c1-17(2,3)16(13-6-8-14(19)9-7-13)20-15-12-21-11-10-18(15,4)5/h6-9,15-16,20H,10-12H2,1-5H3. The Morgan fingerprint density at radius 2 is 1.86 bits per heavy atom. The lowest BCUT2D eigenvalue weighted by atomic mass is 9.78. The van der Waals surface area contributed by atoms with Crippen LogP contribution in [0.3, 0.4) is 0 Å². The summed E-state index contributed by atoms with van der Waals surface area (Å²) in [5.41, 5.74) is 1.58. The zero-order chi connectivity index (χ0) is 15.7. The van der Waals surface area contributed by atoms with Crippen molar-refractivity contribution in [3.05, 3.63) is 35.6 Å².